The van der Waals surface area contributed by atoms with Crippen LogP contribution in [0.1, 0.15) is 43.4 Å². The van der Waals surface area contributed by atoms with Crippen molar-refractivity contribution >= 4 is 11.9 Å². The monoisotopic (exact) mass is 611 g/mol. The summed E-state index contributed by atoms with van der Waals surface area (Å²) in [4.78, 5) is 34.7. The van der Waals surface area contributed by atoms with Gasteiger partial charge in [-0.25, -0.2) is 29.8 Å². The summed E-state index contributed by atoms with van der Waals surface area (Å²) in [6, 6.07) is 20.0. The normalized spacial score (nSPS) is 10.2. The maximum atomic E-state index is 11.2. The van der Waals surface area contributed by atoms with Gasteiger partial charge in [-0.3, -0.25) is 0 Å². The summed E-state index contributed by atoms with van der Waals surface area (Å²) in [5.41, 5.74) is 3.72. The lowest BCUT2D eigenvalue weighted by Crippen LogP contribution is -2.01. The zero-order chi connectivity index (χ0) is 31.9. The Morgan fingerprint density at radius 1 is 0.674 bits per heavy atom. The molecule has 4 heterocycles. The summed E-state index contributed by atoms with van der Waals surface area (Å²) in [7, 11) is 0. The highest BCUT2D eigenvalue weighted by Crippen LogP contribution is 2.23. The van der Waals surface area contributed by atoms with Crippen LogP contribution in [0.3, 0.4) is 0 Å². The van der Waals surface area contributed by atoms with Gasteiger partial charge < -0.3 is 19.7 Å². The van der Waals surface area contributed by atoms with E-state index in [1.54, 1.807) is 18.2 Å². The van der Waals surface area contributed by atoms with Gasteiger partial charge in [0.1, 0.15) is 5.69 Å². The molecular formula is C31H17N9O6. The first-order chi connectivity index (χ1) is 22.4. The molecule has 0 fully saturated rings. The Morgan fingerprint density at radius 2 is 1.28 bits per heavy atom. The van der Waals surface area contributed by atoms with Gasteiger partial charge in [0.05, 0.1) is 0 Å². The Balaban J connectivity index is 1.14. The summed E-state index contributed by atoms with van der Waals surface area (Å²) in [6.07, 6.45) is 2.94. The van der Waals surface area contributed by atoms with E-state index in [0.717, 1.165) is 22.3 Å². The molecule has 0 aliphatic carbocycles. The number of carbonyl (C=O) groups is 2. The highest BCUT2D eigenvalue weighted by atomic mass is 16.5. The van der Waals surface area contributed by atoms with E-state index in [0.29, 0.717) is 11.3 Å². The van der Waals surface area contributed by atoms with Crippen molar-refractivity contribution in [2.75, 3.05) is 0 Å². The van der Waals surface area contributed by atoms with Crippen molar-refractivity contribution in [3.8, 4) is 58.5 Å². The summed E-state index contributed by atoms with van der Waals surface area (Å²) < 4.78 is 10.7. The van der Waals surface area contributed by atoms with E-state index in [4.69, 9.17) is 19.7 Å². The van der Waals surface area contributed by atoms with Crippen LogP contribution in [-0.2, 0) is 0 Å². The standard InChI is InChI=1S/C31H17N9O6/c41-29(42)25-27(37-39-35-25)45-24-12-10-20(17-33-24)8-7-18-3-1-5-21(15-18)22-6-2-4-19(16-22)9-11-23-13-14-32-31(34-23)46-28-26(30(43)44)36-40-38-28/h1-6,10,12-17H,(H,41,42)(H,43,44)(H,35,37,39)(H,36,38,40). The van der Waals surface area contributed by atoms with Crippen molar-refractivity contribution in [3.63, 3.8) is 0 Å². The number of aromatic carboxylic acids is 2. The molecule has 15 nitrogen and oxygen atoms in total. The summed E-state index contributed by atoms with van der Waals surface area (Å²) in [5.74, 6) is 9.34. The number of carboxylic acid groups (broad SMARTS) is 2. The van der Waals surface area contributed by atoms with Crippen molar-refractivity contribution in [2.45, 2.75) is 0 Å². The molecule has 0 unspecified atom stereocenters. The van der Waals surface area contributed by atoms with E-state index in [1.807, 2.05) is 48.5 Å². The third-order valence-corrected chi connectivity index (χ3v) is 5.96. The zero-order valence-corrected chi connectivity index (χ0v) is 23.2. The van der Waals surface area contributed by atoms with Crippen LogP contribution in [0.4, 0.5) is 0 Å². The number of nitrogens with one attached hydrogen (secondary N) is 2. The Labute approximate surface area is 258 Å². The van der Waals surface area contributed by atoms with Crippen LogP contribution in [0.15, 0.2) is 79.1 Å². The lowest BCUT2D eigenvalue weighted by Gasteiger charge is -2.03. The first-order valence-corrected chi connectivity index (χ1v) is 13.1. The molecule has 0 bridgehead atoms. The molecule has 0 aliphatic heterocycles. The number of H-pyrrole nitrogens is 2. The van der Waals surface area contributed by atoms with Crippen LogP contribution in [0.5, 0.6) is 23.7 Å². The molecule has 0 spiro atoms. The van der Waals surface area contributed by atoms with Crippen LogP contribution >= 0.6 is 0 Å². The van der Waals surface area contributed by atoms with Crippen molar-refractivity contribution in [1.82, 2.24) is 45.8 Å². The minimum atomic E-state index is -1.29. The summed E-state index contributed by atoms with van der Waals surface area (Å²) in [6.45, 7) is 0. The number of ether oxygens (including phenoxy) is 2. The number of nitrogens with zero attached hydrogens (tertiary/aromatic N) is 7. The fraction of sp³-hybridized carbons (Fsp3) is 0. The number of benzene rings is 2. The Morgan fingerprint density at radius 3 is 1.89 bits per heavy atom. The molecule has 4 N–H and O–H groups in total. The second-order valence-electron chi connectivity index (χ2n) is 9.07. The molecule has 6 rings (SSSR count). The van der Waals surface area contributed by atoms with Crippen LogP contribution in [0, 0.1) is 23.7 Å². The Bertz CT molecular complexity index is 2210. The first kappa shape index (κ1) is 28.7. The third kappa shape index (κ3) is 6.80. The van der Waals surface area contributed by atoms with E-state index >= 15 is 0 Å². The summed E-state index contributed by atoms with van der Waals surface area (Å²) >= 11 is 0. The average molecular weight is 612 g/mol. The van der Waals surface area contributed by atoms with Crippen molar-refractivity contribution in [1.29, 1.82) is 0 Å². The number of aromatic amines is 2. The molecule has 0 saturated carbocycles. The Kier molecular flexibility index (Phi) is 8.03. The maximum Gasteiger partial charge on any atom is 0.359 e. The number of rotatable bonds is 7. The smallest absolute Gasteiger partial charge is 0.359 e. The first-order valence-electron chi connectivity index (χ1n) is 13.1. The number of pyridine rings is 1. The lowest BCUT2D eigenvalue weighted by molar-refractivity contribution is 0.0676. The van der Waals surface area contributed by atoms with Gasteiger partial charge in [-0.1, -0.05) is 62.7 Å². The van der Waals surface area contributed by atoms with Gasteiger partial charge in [-0.2, -0.15) is 4.98 Å². The van der Waals surface area contributed by atoms with Gasteiger partial charge in [-0.15, -0.1) is 0 Å². The van der Waals surface area contributed by atoms with E-state index in [2.05, 4.69) is 69.5 Å². The predicted molar refractivity (Wildman–Crippen MR) is 157 cm³/mol. The maximum absolute atomic E-state index is 11.2. The lowest BCUT2D eigenvalue weighted by atomic mass is 10.0. The van der Waals surface area contributed by atoms with Crippen molar-refractivity contribution < 1.29 is 29.3 Å². The Hall–Kier alpha value is -7.39. The number of hydrogen-bond donors (Lipinski definition) is 4. The molecule has 6 aromatic rings. The molecule has 0 amide bonds. The average Bonchev–Trinajstić information content (AvgIpc) is 3.74. The molecule has 0 radical (unpaired) electrons. The second kappa shape index (κ2) is 12.9. The van der Waals surface area contributed by atoms with Gasteiger partial charge in [-0.05, 0) is 53.4 Å². The van der Waals surface area contributed by atoms with E-state index in [1.165, 1.54) is 12.4 Å². The molecule has 4 aromatic heterocycles. The second-order valence-corrected chi connectivity index (χ2v) is 9.07. The fourth-order valence-corrected chi connectivity index (χ4v) is 3.85. The van der Waals surface area contributed by atoms with E-state index in [-0.39, 0.29) is 35.0 Å². The highest BCUT2D eigenvalue weighted by molar-refractivity contribution is 5.88. The quantitative estimate of drug-likeness (QED) is 0.190. The topological polar surface area (TPSA) is 215 Å². The molecular weight excluding hydrogens is 594 g/mol. The summed E-state index contributed by atoms with van der Waals surface area (Å²) in [5, 5.41) is 36.8. The van der Waals surface area contributed by atoms with Crippen LogP contribution in [0.25, 0.3) is 11.1 Å². The van der Waals surface area contributed by atoms with Gasteiger partial charge in [0, 0.05) is 35.2 Å². The largest absolute Gasteiger partial charge is 0.476 e. The van der Waals surface area contributed by atoms with Gasteiger partial charge >= 0.3 is 17.9 Å². The number of aromatic nitrogens is 9. The van der Waals surface area contributed by atoms with E-state index < -0.39 is 11.9 Å². The van der Waals surface area contributed by atoms with Crippen molar-refractivity contribution in [2.24, 2.45) is 0 Å². The predicted octanol–water partition coefficient (Wildman–Crippen LogP) is 3.56. The number of carboxylic acids is 2. The van der Waals surface area contributed by atoms with E-state index in [9.17, 15) is 9.59 Å². The van der Waals surface area contributed by atoms with Crippen LogP contribution in [-0.4, -0.2) is 67.9 Å². The minimum absolute atomic E-state index is 0.129. The van der Waals surface area contributed by atoms with Crippen LogP contribution in [0.2, 0.25) is 0 Å². The SMILES string of the molecule is O=C(O)c1[nH]nnc1Oc1ccc(C#Cc2cccc(-c3cccc(C#Cc4ccnc(Oc5nn[nH]c5C(=O)O)n4)c3)c2)cn1. The van der Waals surface area contributed by atoms with Gasteiger partial charge in [0.25, 0.3) is 11.8 Å². The van der Waals surface area contributed by atoms with Crippen LogP contribution < -0.4 is 9.47 Å². The fourth-order valence-electron chi connectivity index (χ4n) is 3.85. The molecule has 0 atom stereocenters. The molecule has 46 heavy (non-hydrogen) atoms. The molecule has 0 aliphatic rings. The molecule has 2 aromatic carbocycles. The molecule has 0 saturated heterocycles. The van der Waals surface area contributed by atoms with Gasteiger partial charge in [0.2, 0.25) is 17.3 Å². The molecule has 15 heteroatoms. The van der Waals surface area contributed by atoms with Crippen molar-refractivity contribution in [3.05, 3.63) is 113 Å². The zero-order valence-electron chi connectivity index (χ0n) is 23.2. The van der Waals surface area contributed by atoms with Gasteiger partial charge in [0.15, 0.2) is 0 Å². The minimum Gasteiger partial charge on any atom is -0.476 e. The molecule has 222 valence electrons. The highest BCUT2D eigenvalue weighted by Gasteiger charge is 2.18. The third-order valence-electron chi connectivity index (χ3n) is 5.96. The number of hydrogen-bond acceptors (Lipinski definition) is 11.